The van der Waals surface area contributed by atoms with Crippen molar-refractivity contribution in [3.63, 3.8) is 0 Å². The Kier molecular flexibility index (Phi) is 4.68. The van der Waals surface area contributed by atoms with Gasteiger partial charge >= 0.3 is 0 Å². The lowest BCUT2D eigenvalue weighted by Gasteiger charge is -2.60. The molecule has 4 saturated heterocycles. The normalized spacial score (nSPS) is 30.5. The predicted molar refractivity (Wildman–Crippen MR) is 115 cm³/mol. The van der Waals surface area contributed by atoms with E-state index in [1.807, 2.05) is 0 Å². The SMILES string of the molecule is Cc1ccc(/C(=N/Nc2ccc(S(=O)(=O)O)cc2)C23CN4CN(CN(C4)C2)C3)cc1. The third-order valence-electron chi connectivity index (χ3n) is 6.06. The Balaban J connectivity index is 1.50. The van der Waals surface area contributed by atoms with E-state index in [2.05, 4.69) is 51.3 Å². The van der Waals surface area contributed by atoms with Crippen molar-refractivity contribution >= 4 is 21.5 Å². The molecule has 2 N–H and O–H groups in total. The second-order valence-corrected chi connectivity index (χ2v) is 10.1. The molecule has 0 saturated carbocycles. The molecule has 0 aromatic heterocycles. The maximum Gasteiger partial charge on any atom is 0.294 e. The Morgan fingerprint density at radius 2 is 1.47 bits per heavy atom. The number of aryl methyl sites for hydroxylation is 1. The van der Waals surface area contributed by atoms with Gasteiger partial charge in [-0.05, 0) is 36.8 Å². The summed E-state index contributed by atoms with van der Waals surface area (Å²) < 4.78 is 31.7. The molecule has 0 spiro atoms. The molecule has 158 valence electrons. The van der Waals surface area contributed by atoms with Crippen LogP contribution in [0, 0.1) is 12.3 Å². The number of nitrogens with zero attached hydrogens (tertiary/aromatic N) is 4. The quantitative estimate of drug-likeness (QED) is 0.428. The van der Waals surface area contributed by atoms with E-state index in [-0.39, 0.29) is 10.3 Å². The first kappa shape index (κ1) is 19.7. The van der Waals surface area contributed by atoms with Gasteiger partial charge in [0.05, 0.1) is 41.7 Å². The molecule has 2 aromatic carbocycles. The van der Waals surface area contributed by atoms with Crippen molar-refractivity contribution in [2.45, 2.75) is 11.8 Å². The van der Waals surface area contributed by atoms with Crippen LogP contribution in [0.5, 0.6) is 0 Å². The lowest BCUT2D eigenvalue weighted by molar-refractivity contribution is -0.149. The third kappa shape index (κ3) is 3.63. The first-order valence-corrected chi connectivity index (χ1v) is 11.4. The molecule has 8 nitrogen and oxygen atoms in total. The zero-order chi connectivity index (χ0) is 20.9. The predicted octanol–water partition coefficient (Wildman–Crippen LogP) is 1.86. The molecule has 2 aromatic rings. The van der Waals surface area contributed by atoms with E-state index in [1.165, 1.54) is 17.7 Å². The highest BCUT2D eigenvalue weighted by Gasteiger charge is 2.51. The van der Waals surface area contributed by atoms with Crippen LogP contribution in [0.1, 0.15) is 11.1 Å². The summed E-state index contributed by atoms with van der Waals surface area (Å²) in [6.07, 6.45) is 0. The van der Waals surface area contributed by atoms with Gasteiger partial charge < -0.3 is 0 Å². The molecule has 4 aliphatic rings. The number of nitrogens with one attached hydrogen (secondary N) is 1. The number of hydrazone groups is 1. The van der Waals surface area contributed by atoms with Crippen molar-refractivity contribution in [1.82, 2.24) is 14.7 Å². The van der Waals surface area contributed by atoms with E-state index in [0.29, 0.717) is 5.69 Å². The fourth-order valence-corrected chi connectivity index (χ4v) is 5.44. The second-order valence-electron chi connectivity index (χ2n) is 8.63. The molecule has 30 heavy (non-hydrogen) atoms. The first-order valence-electron chi connectivity index (χ1n) is 9.97. The Labute approximate surface area is 176 Å². The van der Waals surface area contributed by atoms with E-state index in [1.54, 1.807) is 12.1 Å². The highest BCUT2D eigenvalue weighted by molar-refractivity contribution is 7.85. The van der Waals surface area contributed by atoms with Crippen LogP contribution in [0.15, 0.2) is 58.5 Å². The third-order valence-corrected chi connectivity index (χ3v) is 6.92. The molecule has 0 aliphatic carbocycles. The minimum atomic E-state index is -4.21. The molecule has 4 bridgehead atoms. The summed E-state index contributed by atoms with van der Waals surface area (Å²) in [5.74, 6) is 0. The largest absolute Gasteiger partial charge is 0.294 e. The van der Waals surface area contributed by atoms with Gasteiger partial charge in [-0.3, -0.25) is 24.7 Å². The maximum atomic E-state index is 11.3. The van der Waals surface area contributed by atoms with Gasteiger partial charge in [0.2, 0.25) is 0 Å². The standard InChI is InChI=1S/C21H25N5O3S/c1-16-2-4-17(5-3-16)20(21-10-24-13-25(11-21)15-26(12-21)14-24)23-22-18-6-8-19(9-7-18)30(27,28)29/h2-9,22H,10-15H2,1H3,(H,27,28,29)/b23-20-. The van der Waals surface area contributed by atoms with Crippen LogP contribution in [0.25, 0.3) is 0 Å². The summed E-state index contributed by atoms with van der Waals surface area (Å²) in [7, 11) is -4.21. The topological polar surface area (TPSA) is 88.5 Å². The van der Waals surface area contributed by atoms with Crippen LogP contribution in [0.2, 0.25) is 0 Å². The molecule has 4 aliphatic heterocycles. The number of rotatable bonds is 5. The van der Waals surface area contributed by atoms with E-state index in [4.69, 9.17) is 5.10 Å². The number of anilines is 1. The molecule has 0 unspecified atom stereocenters. The van der Waals surface area contributed by atoms with Gasteiger partial charge in [-0.15, -0.1) is 0 Å². The first-order chi connectivity index (χ1) is 14.3. The fourth-order valence-electron chi connectivity index (χ4n) is 4.96. The molecule has 4 heterocycles. The summed E-state index contributed by atoms with van der Waals surface area (Å²) in [4.78, 5) is 7.24. The second kappa shape index (κ2) is 7.14. The average molecular weight is 428 g/mol. The number of hydrogen-bond acceptors (Lipinski definition) is 7. The zero-order valence-corrected chi connectivity index (χ0v) is 17.6. The van der Waals surface area contributed by atoms with Gasteiger partial charge in [-0.1, -0.05) is 29.8 Å². The Morgan fingerprint density at radius 1 is 0.933 bits per heavy atom. The van der Waals surface area contributed by atoms with Crippen LogP contribution in [-0.4, -0.2) is 73.0 Å². The van der Waals surface area contributed by atoms with E-state index in [9.17, 15) is 13.0 Å². The minimum absolute atomic E-state index is 0.0919. The van der Waals surface area contributed by atoms with Gasteiger partial charge in [0.1, 0.15) is 0 Å². The fraction of sp³-hybridized carbons (Fsp3) is 0.381. The summed E-state index contributed by atoms with van der Waals surface area (Å²) in [6, 6.07) is 14.4. The van der Waals surface area contributed by atoms with Crippen LogP contribution < -0.4 is 5.43 Å². The van der Waals surface area contributed by atoms with E-state index >= 15 is 0 Å². The van der Waals surface area contributed by atoms with Crippen molar-refractivity contribution in [1.29, 1.82) is 0 Å². The average Bonchev–Trinajstić information content (AvgIpc) is 2.68. The molecule has 0 radical (unpaired) electrons. The Morgan fingerprint density at radius 3 is 1.97 bits per heavy atom. The zero-order valence-electron chi connectivity index (χ0n) is 16.8. The molecule has 0 amide bonds. The van der Waals surface area contributed by atoms with Crippen LogP contribution >= 0.6 is 0 Å². The highest BCUT2D eigenvalue weighted by atomic mass is 32.2. The molecule has 6 rings (SSSR count). The van der Waals surface area contributed by atoms with Crippen LogP contribution in [0.3, 0.4) is 0 Å². The van der Waals surface area contributed by atoms with Gasteiger partial charge in [-0.25, -0.2) is 0 Å². The minimum Gasteiger partial charge on any atom is -0.282 e. The van der Waals surface area contributed by atoms with Crippen molar-refractivity contribution in [3.8, 4) is 0 Å². The summed E-state index contributed by atoms with van der Waals surface area (Å²) >= 11 is 0. The molecule has 4 fully saturated rings. The van der Waals surface area contributed by atoms with E-state index in [0.717, 1.165) is 50.9 Å². The van der Waals surface area contributed by atoms with E-state index < -0.39 is 10.1 Å². The number of hydrogen-bond donors (Lipinski definition) is 2. The molecular weight excluding hydrogens is 402 g/mol. The monoisotopic (exact) mass is 427 g/mol. The molecule has 0 atom stereocenters. The Bertz CT molecular complexity index is 1050. The van der Waals surface area contributed by atoms with Gasteiger partial charge in [0.25, 0.3) is 10.1 Å². The Hall–Kier alpha value is -2.30. The molecular formula is C21H25N5O3S. The van der Waals surface area contributed by atoms with Crippen LogP contribution in [-0.2, 0) is 10.1 Å². The molecule has 9 heteroatoms. The lowest BCUT2D eigenvalue weighted by Crippen LogP contribution is -2.74. The van der Waals surface area contributed by atoms with Gasteiger partial charge in [-0.2, -0.15) is 13.5 Å². The number of benzene rings is 2. The van der Waals surface area contributed by atoms with Crippen molar-refractivity contribution < 1.29 is 13.0 Å². The highest BCUT2D eigenvalue weighted by Crippen LogP contribution is 2.38. The van der Waals surface area contributed by atoms with Crippen molar-refractivity contribution in [3.05, 3.63) is 59.7 Å². The van der Waals surface area contributed by atoms with Crippen molar-refractivity contribution in [2.75, 3.05) is 45.1 Å². The smallest absolute Gasteiger partial charge is 0.282 e. The summed E-state index contributed by atoms with van der Waals surface area (Å²) in [5, 5.41) is 4.85. The summed E-state index contributed by atoms with van der Waals surface area (Å²) in [5.41, 5.74) is 7.00. The maximum absolute atomic E-state index is 11.3. The van der Waals surface area contributed by atoms with Gasteiger partial charge in [0, 0.05) is 19.6 Å². The lowest BCUT2D eigenvalue weighted by atomic mass is 9.74. The van der Waals surface area contributed by atoms with Crippen LogP contribution in [0.4, 0.5) is 5.69 Å². The van der Waals surface area contributed by atoms with Crippen molar-refractivity contribution in [2.24, 2.45) is 10.5 Å². The summed E-state index contributed by atoms with van der Waals surface area (Å²) in [6.45, 7) is 7.99. The van der Waals surface area contributed by atoms with Gasteiger partial charge in [0.15, 0.2) is 0 Å².